The van der Waals surface area contributed by atoms with Gasteiger partial charge in [0, 0.05) is 12.1 Å². The predicted octanol–water partition coefficient (Wildman–Crippen LogP) is 14.4. The number of halogens is 26. The number of unbranched alkanes of at least 4 members (excludes halogenated alkanes) is 10. The van der Waals surface area contributed by atoms with Crippen molar-refractivity contribution in [1.29, 1.82) is 0 Å². The molecule has 0 aliphatic carbocycles. The van der Waals surface area contributed by atoms with Crippen LogP contribution in [0.4, 0.5) is 114 Å². The minimum Gasteiger partial charge on any atom is -0.311 e. The Kier molecular flexibility index (Phi) is 23.9. The van der Waals surface area contributed by atoms with E-state index in [-0.39, 0.29) is 25.7 Å². The Labute approximate surface area is 336 Å². The van der Waals surface area contributed by atoms with Crippen molar-refractivity contribution < 1.29 is 141 Å². The molecular weight excluding hydrogens is 982 g/mol. The van der Waals surface area contributed by atoms with Gasteiger partial charge >= 0.3 is 79.0 Å². The summed E-state index contributed by atoms with van der Waals surface area (Å²) in [5.41, 5.74) is 0. The lowest BCUT2D eigenvalue weighted by molar-refractivity contribution is -0.406. The maximum atomic E-state index is 13.3. The van der Waals surface area contributed by atoms with Crippen LogP contribution in [0.2, 0.25) is 12.1 Å². The van der Waals surface area contributed by atoms with E-state index in [9.17, 15) is 114 Å². The first-order valence-corrected chi connectivity index (χ1v) is 21.2. The van der Waals surface area contributed by atoms with Gasteiger partial charge < -0.3 is 26.6 Å². The predicted molar refractivity (Wildman–Crippen MR) is 160 cm³/mol. The molecule has 0 rings (SSSR count). The lowest BCUT2D eigenvalue weighted by Crippen LogP contribution is -2.62. The molecule has 376 valence electrons. The van der Waals surface area contributed by atoms with Gasteiger partial charge in [0.15, 0.2) is 13.3 Å². The van der Waals surface area contributed by atoms with Crippen LogP contribution in [0.15, 0.2) is 0 Å². The topological polar surface area (TPSA) is 55.4 Å². The third-order valence-electron chi connectivity index (χ3n) is 7.05. The van der Waals surface area contributed by atoms with E-state index in [2.05, 4.69) is 26.6 Å². The molecule has 0 bridgehead atoms. The summed E-state index contributed by atoms with van der Waals surface area (Å²) < 4.78 is 352. The molecule has 0 amide bonds. The van der Waals surface area contributed by atoms with Crippen molar-refractivity contribution in [2.24, 2.45) is 0 Å². The van der Waals surface area contributed by atoms with E-state index in [1.54, 1.807) is 13.8 Å². The van der Waals surface area contributed by atoms with Crippen LogP contribution in [-0.2, 0) is 26.6 Å². The summed E-state index contributed by atoms with van der Waals surface area (Å²) in [7, 11) is -13.9. The fraction of sp³-hybridized carbons (Fsp3) is 1.00. The second kappa shape index (κ2) is 23.7. The molecule has 0 radical (unpaired) electrons. The van der Waals surface area contributed by atoms with Gasteiger partial charge in [0.25, 0.3) is 0 Å². The maximum absolute atomic E-state index is 13.3. The number of alkyl halides is 26. The molecule has 34 heteroatoms. The zero-order chi connectivity index (χ0) is 49.6. The molecule has 0 saturated carbocycles. The number of hydrogen-bond donors (Lipinski definition) is 0. The first kappa shape index (κ1) is 62.5. The summed E-state index contributed by atoms with van der Waals surface area (Å²) >= 11 is 0. The van der Waals surface area contributed by atoms with E-state index in [1.807, 2.05) is 0 Å². The van der Waals surface area contributed by atoms with Gasteiger partial charge in [-0.3, -0.25) is 0 Å². The third-order valence-corrected chi connectivity index (χ3v) is 12.5. The molecule has 0 unspecified atom stereocenters. The van der Waals surface area contributed by atoms with Gasteiger partial charge in [-0.15, -0.1) is 0 Å². The molecule has 0 saturated heterocycles. The van der Waals surface area contributed by atoms with Crippen molar-refractivity contribution >= 4 is 17.6 Å². The molecule has 0 fully saturated rings. The second-order valence-electron chi connectivity index (χ2n) is 12.6. The number of rotatable bonds is 28. The highest BCUT2D eigenvalue weighted by atomic mass is 28.4. The molecular formula is C28H38F26O6Si2. The van der Waals surface area contributed by atoms with Crippen LogP contribution >= 0.6 is 0 Å². The average molecular weight is 1020 g/mol. The molecule has 0 aliphatic heterocycles. The van der Waals surface area contributed by atoms with Crippen molar-refractivity contribution in [2.75, 3.05) is 13.3 Å². The molecule has 0 aromatic carbocycles. The summed E-state index contributed by atoms with van der Waals surface area (Å²) in [4.78, 5) is 0. The van der Waals surface area contributed by atoms with Gasteiger partial charge in [-0.25, -0.2) is 8.78 Å². The Morgan fingerprint density at radius 2 is 0.484 bits per heavy atom. The van der Waals surface area contributed by atoms with Crippen LogP contribution in [0.3, 0.4) is 0 Å². The van der Waals surface area contributed by atoms with Gasteiger partial charge in [0.2, 0.25) is 0 Å². The van der Waals surface area contributed by atoms with E-state index in [0.29, 0.717) is 38.5 Å². The molecule has 6 nitrogen and oxygen atoms in total. The average Bonchev–Trinajstić information content (AvgIpc) is 3.05. The lowest BCUT2D eigenvalue weighted by atomic mass is 10.1. The van der Waals surface area contributed by atoms with E-state index >= 15 is 0 Å². The fourth-order valence-corrected chi connectivity index (χ4v) is 9.47. The third kappa shape index (κ3) is 21.6. The van der Waals surface area contributed by atoms with Gasteiger partial charge in [-0.05, 0) is 12.8 Å². The van der Waals surface area contributed by atoms with Gasteiger partial charge in [0.05, 0.1) is 0 Å². The Balaban J connectivity index is 0. The van der Waals surface area contributed by atoms with Crippen LogP contribution in [0.1, 0.15) is 90.9 Å². The van der Waals surface area contributed by atoms with Crippen LogP contribution in [0.5, 0.6) is 0 Å². The molecule has 62 heavy (non-hydrogen) atoms. The molecule has 0 heterocycles. The molecule has 0 aromatic heterocycles. The van der Waals surface area contributed by atoms with Crippen molar-refractivity contribution in [2.45, 2.75) is 164 Å². The second-order valence-corrected chi connectivity index (χ2v) is 17.6. The van der Waals surface area contributed by atoms with Gasteiger partial charge in [-0.1, -0.05) is 78.1 Å². The van der Waals surface area contributed by atoms with Gasteiger partial charge in [0.1, 0.15) is 0 Å². The highest BCUT2D eigenvalue weighted by Gasteiger charge is 2.73. The standard InChI is InChI=1S/2C14H19F13O3Si/c2*1-2-3-4-5-6-7-8-31(28-10(16,17)9-15,29-13(24,25)11(18,19)20)30-14(26,27)12(21,22)23/h2*2-9H2,1H3. The first-order valence-electron chi connectivity index (χ1n) is 17.3. The Morgan fingerprint density at radius 3 is 0.661 bits per heavy atom. The first-order chi connectivity index (χ1) is 27.5. The molecule has 0 atom stereocenters. The zero-order valence-electron chi connectivity index (χ0n) is 31.6. The highest BCUT2D eigenvalue weighted by Crippen LogP contribution is 2.48. The van der Waals surface area contributed by atoms with Crippen LogP contribution in [0.25, 0.3) is 0 Å². The van der Waals surface area contributed by atoms with E-state index < -0.39 is 117 Å². The van der Waals surface area contributed by atoms with Crippen LogP contribution in [-0.4, -0.2) is 92.3 Å². The zero-order valence-corrected chi connectivity index (χ0v) is 33.6. The Hall–Kier alpha value is -1.63. The molecule has 0 aromatic rings. The number of hydrogen-bond acceptors (Lipinski definition) is 6. The summed E-state index contributed by atoms with van der Waals surface area (Å²) in [6.07, 6.45) is -61.7. The summed E-state index contributed by atoms with van der Waals surface area (Å²) in [5, 5.41) is 0. The maximum Gasteiger partial charge on any atom is 0.514 e. The van der Waals surface area contributed by atoms with Crippen molar-refractivity contribution in [3.8, 4) is 0 Å². The highest BCUT2D eigenvalue weighted by molar-refractivity contribution is 6.61. The minimum atomic E-state index is -6.94. The van der Waals surface area contributed by atoms with E-state index in [1.165, 1.54) is 0 Å². The summed E-state index contributed by atoms with van der Waals surface area (Å²) in [6, 6.07) is -3.46. The fourth-order valence-electron chi connectivity index (χ4n) is 4.20. The lowest BCUT2D eigenvalue weighted by Gasteiger charge is -2.37. The van der Waals surface area contributed by atoms with Gasteiger partial charge in [-0.2, -0.15) is 105 Å². The SMILES string of the molecule is CCCCCCCC[Si](OC(F)(F)CF)(OC(F)(F)C(F)(F)F)OC(F)(F)C(F)(F)F.CCCCCCCC[Si](OC(F)(F)CF)(OC(F)(F)C(F)(F)F)OC(F)(F)C(F)(F)F. The summed E-state index contributed by atoms with van der Waals surface area (Å²) in [6.45, 7) is -2.38. The van der Waals surface area contributed by atoms with Crippen molar-refractivity contribution in [3.63, 3.8) is 0 Å². The molecule has 0 spiro atoms. The van der Waals surface area contributed by atoms with Crippen molar-refractivity contribution in [1.82, 2.24) is 0 Å². The monoisotopic (exact) mass is 1020 g/mol. The summed E-state index contributed by atoms with van der Waals surface area (Å²) in [5.74, 6) is 0. The Morgan fingerprint density at radius 1 is 0.290 bits per heavy atom. The molecule has 0 aliphatic rings. The van der Waals surface area contributed by atoms with Crippen LogP contribution in [0, 0.1) is 0 Å². The minimum absolute atomic E-state index is 0.179. The largest absolute Gasteiger partial charge is 0.514 e. The van der Waals surface area contributed by atoms with Crippen molar-refractivity contribution in [3.05, 3.63) is 0 Å². The molecule has 0 N–H and O–H groups in total. The van der Waals surface area contributed by atoms with Crippen LogP contribution < -0.4 is 0 Å². The van der Waals surface area contributed by atoms with E-state index in [0.717, 1.165) is 0 Å². The van der Waals surface area contributed by atoms with E-state index in [4.69, 9.17) is 0 Å². The normalized spacial score (nSPS) is 14.9. The Bertz CT molecular complexity index is 1110. The quantitative estimate of drug-likeness (QED) is 0.0442. The smallest absolute Gasteiger partial charge is 0.311 e.